The first kappa shape index (κ1) is 29.0. The number of carbonyl (C=O) groups excluding carboxylic acids is 3. The third-order valence-electron chi connectivity index (χ3n) is 4.58. The molecule has 0 bridgehead atoms. The number of benzene rings is 1. The largest absolute Gasteiger partial charge is 0.487 e. The van der Waals surface area contributed by atoms with E-state index in [-0.39, 0.29) is 35.6 Å². The molecule has 2 aromatic rings. The van der Waals surface area contributed by atoms with Crippen molar-refractivity contribution >= 4 is 80.3 Å². The Morgan fingerprint density at radius 2 is 1.71 bits per heavy atom. The lowest BCUT2D eigenvalue weighted by atomic mass is 10.0. The molecule has 35 heavy (non-hydrogen) atoms. The fourth-order valence-electron chi connectivity index (χ4n) is 3.09. The third-order valence-corrected chi connectivity index (χ3v) is 7.45. The topological polar surface area (TPSA) is 103 Å². The smallest absolute Gasteiger partial charge is 0.348 e. The summed E-state index contributed by atoms with van der Waals surface area (Å²) in [6.45, 7) is 9.29. The molecule has 0 amide bonds. The average Bonchev–Trinajstić information content (AvgIpc) is 3.12. The Labute approximate surface area is 235 Å². The molecule has 0 spiro atoms. The maximum atomic E-state index is 13.1. The summed E-state index contributed by atoms with van der Waals surface area (Å²) in [5, 5.41) is 9.68. The normalized spacial score (nSPS) is 10.9. The van der Waals surface area contributed by atoms with Crippen molar-refractivity contribution in [3.05, 3.63) is 63.9 Å². The number of hydrogen-bond donors (Lipinski definition) is 0. The molecular weight excluding hydrogens is 696 g/mol. The number of nitriles is 1. The minimum atomic E-state index is -0.624. The number of ketones is 1. The van der Waals surface area contributed by atoms with Crippen LogP contribution in [0.4, 0.5) is 0 Å². The number of ether oxygens (including phenoxy) is 3. The Hall–Kier alpha value is -2.24. The minimum Gasteiger partial charge on any atom is -0.487 e. The fraction of sp³-hybridized carbons (Fsp3) is 0.280. The highest BCUT2D eigenvalue weighted by Gasteiger charge is 2.28. The fourth-order valence-corrected chi connectivity index (χ4v) is 6.40. The van der Waals surface area contributed by atoms with E-state index in [1.807, 2.05) is 18.2 Å². The molecule has 1 aromatic heterocycles. The van der Waals surface area contributed by atoms with E-state index in [0.29, 0.717) is 28.4 Å². The average molecular weight is 719 g/mol. The number of allylic oxidation sites excluding steroid dienone is 1. The molecule has 2 rings (SSSR count). The Balaban J connectivity index is 2.43. The van der Waals surface area contributed by atoms with Crippen molar-refractivity contribution in [3.63, 3.8) is 0 Å². The Morgan fingerprint density at radius 3 is 2.26 bits per heavy atom. The lowest BCUT2D eigenvalue weighted by Crippen LogP contribution is -2.12. The van der Waals surface area contributed by atoms with Gasteiger partial charge in [-0.1, -0.05) is 12.7 Å². The van der Waals surface area contributed by atoms with Crippen molar-refractivity contribution in [2.75, 3.05) is 19.8 Å². The van der Waals surface area contributed by atoms with E-state index >= 15 is 0 Å². The molecule has 0 fully saturated rings. The lowest BCUT2D eigenvalue weighted by Gasteiger charge is -2.10. The molecule has 0 N–H and O–H groups in total. The Kier molecular flexibility index (Phi) is 11.4. The van der Waals surface area contributed by atoms with Gasteiger partial charge < -0.3 is 14.2 Å². The quantitative estimate of drug-likeness (QED) is 0.0937. The van der Waals surface area contributed by atoms with Gasteiger partial charge in [0.1, 0.15) is 23.3 Å². The predicted octanol–water partition coefficient (Wildman–Crippen LogP) is 5.90. The number of hydrogen-bond acceptors (Lipinski definition) is 8. The summed E-state index contributed by atoms with van der Waals surface area (Å²) >= 11 is 5.27. The lowest BCUT2D eigenvalue weighted by molar-refractivity contribution is -0.114. The van der Waals surface area contributed by atoms with E-state index in [0.717, 1.165) is 18.5 Å². The molecule has 0 aliphatic rings. The van der Waals surface area contributed by atoms with Crippen LogP contribution in [0.3, 0.4) is 0 Å². The maximum absolute atomic E-state index is 13.1. The van der Waals surface area contributed by atoms with Crippen LogP contribution in [0.5, 0.6) is 5.75 Å². The standard InChI is InChI=1S/C25H23I2NO6S/c1-5-8-34-22-17(26)10-15(11-18(22)27)9-16(13-28)19(29)12-20-21(24(30)32-6-2)14(4)23(35-20)25(31)33-7-3/h5,9-11H,1,6-8,12H2,2-4H3/b16-9+. The summed E-state index contributed by atoms with van der Waals surface area (Å²) < 4.78 is 17.5. The van der Waals surface area contributed by atoms with Crippen molar-refractivity contribution in [1.29, 1.82) is 5.26 Å². The van der Waals surface area contributed by atoms with Crippen LogP contribution in [-0.4, -0.2) is 37.5 Å². The van der Waals surface area contributed by atoms with Gasteiger partial charge >= 0.3 is 11.9 Å². The molecule has 0 atom stereocenters. The van der Waals surface area contributed by atoms with Crippen LogP contribution < -0.4 is 4.74 Å². The maximum Gasteiger partial charge on any atom is 0.348 e. The number of nitrogens with zero attached hydrogens (tertiary/aromatic N) is 1. The minimum absolute atomic E-state index is 0.0742. The van der Waals surface area contributed by atoms with Crippen molar-refractivity contribution in [2.24, 2.45) is 0 Å². The summed E-state index contributed by atoms with van der Waals surface area (Å²) in [4.78, 5) is 38.6. The molecule has 0 unspecified atom stereocenters. The highest BCUT2D eigenvalue weighted by atomic mass is 127. The van der Waals surface area contributed by atoms with Gasteiger partial charge in [0.25, 0.3) is 0 Å². The van der Waals surface area contributed by atoms with E-state index in [4.69, 9.17) is 14.2 Å². The van der Waals surface area contributed by atoms with E-state index in [1.54, 1.807) is 26.8 Å². The summed E-state index contributed by atoms with van der Waals surface area (Å²) in [6, 6.07) is 5.57. The Bertz CT molecular complexity index is 1200. The molecule has 0 aliphatic carbocycles. The molecule has 184 valence electrons. The van der Waals surface area contributed by atoms with Crippen LogP contribution >= 0.6 is 56.5 Å². The molecule has 10 heteroatoms. The molecule has 7 nitrogen and oxygen atoms in total. The zero-order chi connectivity index (χ0) is 26.1. The van der Waals surface area contributed by atoms with Gasteiger partial charge in [0.15, 0.2) is 5.78 Å². The molecular formula is C25H23I2NO6S. The van der Waals surface area contributed by atoms with E-state index < -0.39 is 17.7 Å². The second-order valence-corrected chi connectivity index (χ2v) is 10.4. The summed E-state index contributed by atoms with van der Waals surface area (Å²) in [6.07, 6.45) is 2.92. The van der Waals surface area contributed by atoms with Gasteiger partial charge in [-0.05, 0) is 95.3 Å². The van der Waals surface area contributed by atoms with E-state index in [9.17, 15) is 19.6 Å². The summed E-state index contributed by atoms with van der Waals surface area (Å²) in [5.74, 6) is -0.973. The second kappa shape index (κ2) is 13.7. The van der Waals surface area contributed by atoms with Crippen LogP contribution in [0, 0.1) is 25.4 Å². The molecule has 0 saturated carbocycles. The van der Waals surface area contributed by atoms with Crippen LogP contribution in [-0.2, 0) is 20.7 Å². The summed E-state index contributed by atoms with van der Waals surface area (Å²) in [5.41, 5.74) is 1.15. The molecule has 1 aromatic carbocycles. The summed E-state index contributed by atoms with van der Waals surface area (Å²) in [7, 11) is 0. The van der Waals surface area contributed by atoms with Gasteiger partial charge in [-0.25, -0.2) is 9.59 Å². The Morgan fingerprint density at radius 1 is 1.11 bits per heavy atom. The predicted molar refractivity (Wildman–Crippen MR) is 151 cm³/mol. The first-order valence-corrected chi connectivity index (χ1v) is 13.5. The van der Waals surface area contributed by atoms with Crippen LogP contribution in [0.1, 0.15) is 49.9 Å². The SMILES string of the molecule is C=CCOc1c(I)cc(/C=C(\C#N)C(=O)Cc2sc(C(=O)OCC)c(C)c2C(=O)OCC)cc1I. The number of Topliss-reactive ketones (excluding diaryl/α,β-unsaturated/α-hetero) is 1. The number of halogens is 2. The highest BCUT2D eigenvalue weighted by Crippen LogP contribution is 2.32. The molecule has 0 saturated heterocycles. The number of carbonyl (C=O) groups is 3. The van der Waals surface area contributed by atoms with Gasteiger partial charge in [0.05, 0.1) is 31.5 Å². The zero-order valence-corrected chi connectivity index (χ0v) is 24.5. The van der Waals surface area contributed by atoms with Gasteiger partial charge in [-0.15, -0.1) is 11.3 Å². The molecule has 0 radical (unpaired) electrons. The number of rotatable bonds is 11. The van der Waals surface area contributed by atoms with Crippen molar-refractivity contribution < 1.29 is 28.6 Å². The van der Waals surface area contributed by atoms with Gasteiger partial charge in [-0.2, -0.15) is 5.26 Å². The van der Waals surface area contributed by atoms with Gasteiger partial charge in [-0.3, -0.25) is 4.79 Å². The van der Waals surface area contributed by atoms with Crippen molar-refractivity contribution in [1.82, 2.24) is 0 Å². The molecule has 1 heterocycles. The van der Waals surface area contributed by atoms with E-state index in [1.165, 1.54) is 6.08 Å². The van der Waals surface area contributed by atoms with Gasteiger partial charge in [0, 0.05) is 11.3 Å². The van der Waals surface area contributed by atoms with Crippen molar-refractivity contribution in [3.8, 4) is 11.8 Å². The van der Waals surface area contributed by atoms with Crippen molar-refractivity contribution in [2.45, 2.75) is 27.2 Å². The third kappa shape index (κ3) is 7.37. The highest BCUT2D eigenvalue weighted by molar-refractivity contribution is 14.1. The first-order valence-electron chi connectivity index (χ1n) is 10.5. The van der Waals surface area contributed by atoms with Crippen LogP contribution in [0.15, 0.2) is 30.4 Å². The van der Waals surface area contributed by atoms with Crippen LogP contribution in [0.2, 0.25) is 0 Å². The van der Waals surface area contributed by atoms with Crippen LogP contribution in [0.25, 0.3) is 6.08 Å². The zero-order valence-electron chi connectivity index (χ0n) is 19.4. The first-order chi connectivity index (χ1) is 16.7. The number of esters is 2. The monoisotopic (exact) mass is 719 g/mol. The van der Waals surface area contributed by atoms with Gasteiger partial charge in [0.2, 0.25) is 0 Å². The second-order valence-electron chi connectivity index (χ2n) is 6.98. The van der Waals surface area contributed by atoms with E-state index in [2.05, 4.69) is 51.8 Å². The number of thiophene rings is 1. The molecule has 0 aliphatic heterocycles.